The van der Waals surface area contributed by atoms with Crippen LogP contribution in [0.2, 0.25) is 5.02 Å². The lowest BCUT2D eigenvalue weighted by molar-refractivity contribution is -0.139. The summed E-state index contributed by atoms with van der Waals surface area (Å²) in [5.41, 5.74) is 2.31. The lowest BCUT2D eigenvalue weighted by Gasteiger charge is -2.23. The van der Waals surface area contributed by atoms with Gasteiger partial charge in [-0.25, -0.2) is 9.79 Å². The number of ether oxygens (including phenoxy) is 3. The van der Waals surface area contributed by atoms with Gasteiger partial charge in [-0.2, -0.15) is 0 Å². The number of carbonyl (C=O) groups is 1. The number of halogens is 1. The molecule has 0 saturated heterocycles. The number of hydrogen-bond donors (Lipinski definition) is 0. The number of nitrogens with zero attached hydrogens (tertiary/aromatic N) is 2. The smallest absolute Gasteiger partial charge is 0.338 e. The largest absolute Gasteiger partial charge is 0.493 e. The van der Waals surface area contributed by atoms with Gasteiger partial charge >= 0.3 is 5.97 Å². The highest BCUT2D eigenvalue weighted by atomic mass is 35.5. The third-order valence-electron chi connectivity index (χ3n) is 6.16. The first-order valence-electron chi connectivity index (χ1n) is 12.2. The summed E-state index contributed by atoms with van der Waals surface area (Å²) in [6.45, 7) is 4.05. The second-order valence-corrected chi connectivity index (χ2v) is 11.0. The van der Waals surface area contributed by atoms with Crippen molar-refractivity contribution in [2.24, 2.45) is 4.99 Å². The van der Waals surface area contributed by atoms with Crippen LogP contribution in [0.1, 0.15) is 35.9 Å². The number of hydrogen-bond acceptors (Lipinski definition) is 8. The van der Waals surface area contributed by atoms with E-state index in [2.05, 4.69) is 4.99 Å². The monoisotopic (exact) mass is 580 g/mol. The Labute approximate surface area is 237 Å². The van der Waals surface area contributed by atoms with E-state index in [1.165, 1.54) is 22.7 Å². The molecule has 10 heteroatoms. The van der Waals surface area contributed by atoms with Gasteiger partial charge in [-0.1, -0.05) is 53.3 Å². The van der Waals surface area contributed by atoms with Crippen molar-refractivity contribution in [1.82, 2.24) is 4.57 Å². The number of methoxy groups -OCH3 is 1. The fourth-order valence-corrected chi connectivity index (χ4v) is 6.38. The zero-order valence-corrected chi connectivity index (χ0v) is 23.9. The van der Waals surface area contributed by atoms with Crippen molar-refractivity contribution in [2.75, 3.05) is 13.7 Å². The average molecular weight is 581 g/mol. The molecular formula is C29H25ClN2O5S2. The van der Waals surface area contributed by atoms with E-state index in [0.29, 0.717) is 43.7 Å². The van der Waals surface area contributed by atoms with Crippen LogP contribution in [0.25, 0.3) is 6.08 Å². The Morgan fingerprint density at radius 2 is 1.97 bits per heavy atom. The Bertz CT molecular complexity index is 1740. The van der Waals surface area contributed by atoms with Gasteiger partial charge in [-0.3, -0.25) is 9.36 Å². The van der Waals surface area contributed by atoms with E-state index >= 15 is 0 Å². The van der Waals surface area contributed by atoms with E-state index < -0.39 is 12.0 Å². The number of thiazole rings is 1. The molecule has 200 valence electrons. The molecule has 39 heavy (non-hydrogen) atoms. The summed E-state index contributed by atoms with van der Waals surface area (Å²) in [5.74, 6) is 0.618. The first-order valence-corrected chi connectivity index (χ1v) is 14.3. The first kappa shape index (κ1) is 26.9. The Morgan fingerprint density at radius 3 is 2.69 bits per heavy atom. The average Bonchev–Trinajstić information content (AvgIpc) is 3.56. The van der Waals surface area contributed by atoms with Crippen molar-refractivity contribution >= 4 is 46.3 Å². The molecule has 0 bridgehead atoms. The molecule has 1 atom stereocenters. The molecule has 0 saturated carbocycles. The zero-order valence-electron chi connectivity index (χ0n) is 21.5. The topological polar surface area (TPSA) is 79.1 Å². The molecule has 0 spiro atoms. The van der Waals surface area contributed by atoms with Crippen LogP contribution >= 0.6 is 34.3 Å². The summed E-state index contributed by atoms with van der Waals surface area (Å²) in [7, 11) is 1.57. The second-order valence-electron chi connectivity index (χ2n) is 8.61. The second kappa shape index (κ2) is 11.6. The van der Waals surface area contributed by atoms with Crippen LogP contribution in [0.3, 0.4) is 0 Å². The van der Waals surface area contributed by atoms with Gasteiger partial charge in [0.05, 0.1) is 29.5 Å². The quantitative estimate of drug-likeness (QED) is 0.271. The fourth-order valence-electron chi connectivity index (χ4n) is 4.32. The lowest BCUT2D eigenvalue weighted by atomic mass is 10.0. The van der Waals surface area contributed by atoms with E-state index in [0.717, 1.165) is 16.0 Å². The summed E-state index contributed by atoms with van der Waals surface area (Å²) in [6, 6.07) is 16.2. The molecule has 5 rings (SSSR count). The van der Waals surface area contributed by atoms with Crippen LogP contribution in [0.15, 0.2) is 81.0 Å². The van der Waals surface area contributed by atoms with Crippen LogP contribution in [0.4, 0.5) is 0 Å². The standard InChI is InChI=1S/C29H25ClN2O5S2/c1-4-36-28(34)25-17(2)31-29-32(26(25)23-10-7-13-38-23)27(33)24(39-29)15-18-11-12-21(22(14-18)35-3)37-16-19-8-5-6-9-20(19)30/h5-15,26H,4,16H2,1-3H3/b24-15+. The summed E-state index contributed by atoms with van der Waals surface area (Å²) in [4.78, 5) is 32.6. The third kappa shape index (κ3) is 5.43. The molecule has 2 aromatic heterocycles. The SMILES string of the molecule is CCOC(=O)C1=C(C)N=c2s/c(=C/c3ccc(OCc4ccccc4Cl)c(OC)c3)c(=O)n2C1c1cccs1. The fraction of sp³-hybridized carbons (Fsp3) is 0.207. The maximum absolute atomic E-state index is 13.7. The van der Waals surface area contributed by atoms with Crippen LogP contribution in [0.5, 0.6) is 11.5 Å². The summed E-state index contributed by atoms with van der Waals surface area (Å²) >= 11 is 9.00. The van der Waals surface area contributed by atoms with Crippen LogP contribution in [0, 0.1) is 0 Å². The Morgan fingerprint density at radius 1 is 1.15 bits per heavy atom. The van der Waals surface area contributed by atoms with E-state index in [1.807, 2.05) is 53.9 Å². The molecule has 1 aliphatic rings. The minimum Gasteiger partial charge on any atom is -0.493 e. The number of rotatable bonds is 8. The van der Waals surface area contributed by atoms with Crippen molar-refractivity contribution in [3.8, 4) is 11.5 Å². The van der Waals surface area contributed by atoms with Crippen molar-refractivity contribution < 1.29 is 19.0 Å². The molecule has 7 nitrogen and oxygen atoms in total. The predicted molar refractivity (Wildman–Crippen MR) is 153 cm³/mol. The van der Waals surface area contributed by atoms with Crippen molar-refractivity contribution in [2.45, 2.75) is 26.5 Å². The number of thiophene rings is 1. The number of aromatic nitrogens is 1. The molecule has 0 fully saturated rings. The first-order chi connectivity index (χ1) is 18.9. The molecule has 2 aromatic carbocycles. The van der Waals surface area contributed by atoms with Gasteiger partial charge in [0.25, 0.3) is 5.56 Å². The normalized spacial score (nSPS) is 15.1. The minimum atomic E-state index is -0.599. The number of esters is 1. The number of benzene rings is 2. The van der Waals surface area contributed by atoms with Gasteiger partial charge < -0.3 is 14.2 Å². The van der Waals surface area contributed by atoms with Gasteiger partial charge in [-0.15, -0.1) is 11.3 Å². The Balaban J connectivity index is 1.52. The molecule has 3 heterocycles. The van der Waals surface area contributed by atoms with Gasteiger partial charge in [0, 0.05) is 15.5 Å². The molecule has 0 radical (unpaired) electrons. The molecule has 0 aliphatic carbocycles. The van der Waals surface area contributed by atoms with E-state index in [4.69, 9.17) is 25.8 Å². The maximum atomic E-state index is 13.7. The van der Waals surface area contributed by atoms with Gasteiger partial charge in [0.1, 0.15) is 12.6 Å². The number of fused-ring (bicyclic) bond motifs is 1. The summed E-state index contributed by atoms with van der Waals surface area (Å²) in [6.07, 6.45) is 1.79. The van der Waals surface area contributed by atoms with Crippen LogP contribution < -0.4 is 24.4 Å². The highest BCUT2D eigenvalue weighted by molar-refractivity contribution is 7.10. The van der Waals surface area contributed by atoms with Gasteiger partial charge in [-0.05, 0) is 55.1 Å². The summed E-state index contributed by atoms with van der Waals surface area (Å²) < 4.78 is 18.9. The molecular weight excluding hydrogens is 556 g/mol. The highest BCUT2D eigenvalue weighted by Crippen LogP contribution is 2.33. The molecule has 1 aliphatic heterocycles. The molecule has 0 amide bonds. The number of allylic oxidation sites excluding steroid dienone is 1. The molecule has 1 unspecified atom stereocenters. The van der Waals surface area contributed by atoms with E-state index in [1.54, 1.807) is 37.7 Å². The predicted octanol–water partition coefficient (Wildman–Crippen LogP) is 5.10. The van der Waals surface area contributed by atoms with Gasteiger partial charge in [0.2, 0.25) is 0 Å². The zero-order chi connectivity index (χ0) is 27.5. The van der Waals surface area contributed by atoms with Crippen LogP contribution in [-0.2, 0) is 16.1 Å². The van der Waals surface area contributed by atoms with E-state index in [9.17, 15) is 9.59 Å². The Hall–Kier alpha value is -3.66. The van der Waals surface area contributed by atoms with Crippen molar-refractivity contribution in [3.05, 3.63) is 112 Å². The van der Waals surface area contributed by atoms with Gasteiger partial charge in [0.15, 0.2) is 16.3 Å². The maximum Gasteiger partial charge on any atom is 0.338 e. The van der Waals surface area contributed by atoms with Crippen molar-refractivity contribution in [1.29, 1.82) is 0 Å². The third-order valence-corrected chi connectivity index (χ3v) is 8.43. The minimum absolute atomic E-state index is 0.232. The highest BCUT2D eigenvalue weighted by Gasteiger charge is 2.33. The molecule has 4 aromatic rings. The molecule has 0 N–H and O–H groups in total. The van der Waals surface area contributed by atoms with Crippen molar-refractivity contribution in [3.63, 3.8) is 0 Å². The van der Waals surface area contributed by atoms with E-state index in [-0.39, 0.29) is 12.2 Å². The lowest BCUT2D eigenvalue weighted by Crippen LogP contribution is -2.39. The van der Waals surface area contributed by atoms with Crippen LogP contribution in [-0.4, -0.2) is 24.3 Å². The summed E-state index contributed by atoms with van der Waals surface area (Å²) in [5, 5.41) is 2.55. The number of carbonyl (C=O) groups excluding carboxylic acids is 1. The Kier molecular flexibility index (Phi) is 8.02.